The molecule has 0 unspecified atom stereocenters. The Balaban J connectivity index is 2.42. The van der Waals surface area contributed by atoms with Crippen molar-refractivity contribution in [2.75, 3.05) is 27.1 Å². The summed E-state index contributed by atoms with van der Waals surface area (Å²) in [5.74, 6) is -0.880. The van der Waals surface area contributed by atoms with Gasteiger partial charge < -0.3 is 33.9 Å². The molecule has 2 aliphatic rings. The number of rotatable bonds is 7. The van der Waals surface area contributed by atoms with Crippen molar-refractivity contribution in [3.63, 3.8) is 0 Å². The molecular formula is C19H36O7. The number of ether oxygens (including phenoxy) is 5. The van der Waals surface area contributed by atoms with Gasteiger partial charge in [-0.25, -0.2) is 0 Å². The number of aliphatic hydroxyl groups is 2. The van der Waals surface area contributed by atoms with E-state index >= 15 is 0 Å². The molecular weight excluding hydrogens is 340 g/mol. The molecule has 7 heteroatoms. The molecule has 0 aromatic rings. The van der Waals surface area contributed by atoms with E-state index in [9.17, 15) is 10.2 Å². The Hall–Kier alpha value is -0.280. The Morgan fingerprint density at radius 2 is 1.85 bits per heavy atom. The summed E-state index contributed by atoms with van der Waals surface area (Å²) in [4.78, 5) is 0. The van der Waals surface area contributed by atoms with Gasteiger partial charge in [0.25, 0.3) is 0 Å². The number of aliphatic hydroxyl groups excluding tert-OH is 2. The summed E-state index contributed by atoms with van der Waals surface area (Å²) in [5.41, 5.74) is -1.97. The lowest BCUT2D eigenvalue weighted by Gasteiger charge is -2.54. The second-order valence-corrected chi connectivity index (χ2v) is 9.16. The van der Waals surface area contributed by atoms with Gasteiger partial charge in [0.05, 0.1) is 24.4 Å². The minimum atomic E-state index is -1.04. The lowest BCUT2D eigenvalue weighted by Crippen LogP contribution is -2.68. The van der Waals surface area contributed by atoms with Gasteiger partial charge in [-0.3, -0.25) is 0 Å². The van der Waals surface area contributed by atoms with Crippen LogP contribution in [-0.4, -0.2) is 72.6 Å². The minimum absolute atomic E-state index is 0.00804. The first-order valence-corrected chi connectivity index (χ1v) is 9.31. The molecule has 7 nitrogen and oxygen atoms in total. The quantitative estimate of drug-likeness (QED) is 0.518. The smallest absolute Gasteiger partial charge is 0.164 e. The highest BCUT2D eigenvalue weighted by molar-refractivity contribution is 5.15. The molecule has 0 spiro atoms. The van der Waals surface area contributed by atoms with E-state index in [4.69, 9.17) is 23.7 Å². The zero-order valence-corrected chi connectivity index (χ0v) is 17.2. The van der Waals surface area contributed by atoms with Gasteiger partial charge >= 0.3 is 0 Å². The molecule has 1 saturated carbocycles. The minimum Gasteiger partial charge on any atom is -0.396 e. The highest BCUT2D eigenvalue weighted by Gasteiger charge is 2.68. The Kier molecular flexibility index (Phi) is 6.45. The van der Waals surface area contributed by atoms with E-state index in [1.807, 2.05) is 41.5 Å². The zero-order chi connectivity index (χ0) is 19.8. The van der Waals surface area contributed by atoms with E-state index in [2.05, 4.69) is 0 Å². The monoisotopic (exact) mass is 376 g/mol. The zero-order valence-electron chi connectivity index (χ0n) is 17.2. The van der Waals surface area contributed by atoms with Crippen LogP contribution in [0.25, 0.3) is 0 Å². The summed E-state index contributed by atoms with van der Waals surface area (Å²) in [6.45, 7) is 11.9. The van der Waals surface area contributed by atoms with Crippen LogP contribution in [0.3, 0.4) is 0 Å². The fraction of sp³-hybridized carbons (Fsp3) is 1.00. The molecule has 0 bridgehead atoms. The number of methoxy groups -OCH3 is 1. The van der Waals surface area contributed by atoms with Gasteiger partial charge in [0.15, 0.2) is 5.79 Å². The summed E-state index contributed by atoms with van der Waals surface area (Å²) < 4.78 is 29.4. The lowest BCUT2D eigenvalue weighted by atomic mass is 9.61. The van der Waals surface area contributed by atoms with Crippen molar-refractivity contribution in [3.8, 4) is 0 Å². The van der Waals surface area contributed by atoms with Gasteiger partial charge in [0.1, 0.15) is 18.5 Å². The molecule has 5 atom stereocenters. The van der Waals surface area contributed by atoms with Gasteiger partial charge in [-0.15, -0.1) is 0 Å². The molecule has 0 aromatic heterocycles. The van der Waals surface area contributed by atoms with E-state index in [1.54, 1.807) is 7.11 Å². The second kappa shape index (κ2) is 7.62. The van der Waals surface area contributed by atoms with Crippen LogP contribution in [0.4, 0.5) is 0 Å². The van der Waals surface area contributed by atoms with Crippen molar-refractivity contribution in [2.24, 2.45) is 5.41 Å². The average molecular weight is 376 g/mol. The molecule has 2 fully saturated rings. The Bertz CT molecular complexity index is 475. The molecule has 1 aliphatic carbocycles. The van der Waals surface area contributed by atoms with Gasteiger partial charge in [0.2, 0.25) is 0 Å². The van der Waals surface area contributed by atoms with E-state index in [0.717, 1.165) is 0 Å². The third kappa shape index (κ3) is 4.24. The van der Waals surface area contributed by atoms with Crippen molar-refractivity contribution < 1.29 is 33.9 Å². The topological polar surface area (TPSA) is 86.6 Å². The van der Waals surface area contributed by atoms with Gasteiger partial charge in [-0.05, 0) is 41.0 Å². The second-order valence-electron chi connectivity index (χ2n) is 9.16. The number of hydrogen-bond donors (Lipinski definition) is 2. The van der Waals surface area contributed by atoms with E-state index in [1.165, 1.54) is 0 Å². The highest BCUT2D eigenvalue weighted by Crippen LogP contribution is 2.55. The highest BCUT2D eigenvalue weighted by atomic mass is 16.8. The summed E-state index contributed by atoms with van der Waals surface area (Å²) in [7, 11) is 1.55. The molecule has 2 N–H and O–H groups in total. The maximum Gasteiger partial charge on any atom is 0.164 e. The first kappa shape index (κ1) is 22.0. The van der Waals surface area contributed by atoms with Crippen molar-refractivity contribution in [2.45, 2.75) is 89.7 Å². The maximum atomic E-state index is 11.1. The van der Waals surface area contributed by atoms with Crippen LogP contribution in [0.15, 0.2) is 0 Å². The van der Waals surface area contributed by atoms with Crippen LogP contribution in [0, 0.1) is 5.41 Å². The molecule has 0 aromatic carbocycles. The summed E-state index contributed by atoms with van der Waals surface area (Å²) in [5, 5.41) is 20.8. The third-order valence-corrected chi connectivity index (χ3v) is 5.29. The Labute approximate surface area is 156 Å². The first-order chi connectivity index (χ1) is 11.9. The van der Waals surface area contributed by atoms with Gasteiger partial charge in [0, 0.05) is 25.6 Å². The molecule has 0 amide bonds. The van der Waals surface area contributed by atoms with Gasteiger partial charge in [-0.1, -0.05) is 6.92 Å². The standard InChI is InChI=1S/C19H36O7/c1-16(2,3)24-14-10-13(21)19(11-23-12-22-7)15(18(14,6)8-9-20)25-17(4,5)26-19/h13-15,20-21H,8-12H2,1-7H3/t13-,14-,15+,18+,19-/m0/s1. The van der Waals surface area contributed by atoms with Crippen LogP contribution < -0.4 is 0 Å². The van der Waals surface area contributed by atoms with E-state index in [-0.39, 0.29) is 31.7 Å². The molecule has 0 radical (unpaired) electrons. The first-order valence-electron chi connectivity index (χ1n) is 9.31. The Morgan fingerprint density at radius 1 is 1.19 bits per heavy atom. The maximum absolute atomic E-state index is 11.1. The van der Waals surface area contributed by atoms with Crippen LogP contribution >= 0.6 is 0 Å². The van der Waals surface area contributed by atoms with Crippen LogP contribution in [0.5, 0.6) is 0 Å². The molecule has 1 aliphatic heterocycles. The number of hydrogen-bond acceptors (Lipinski definition) is 7. The van der Waals surface area contributed by atoms with Crippen LogP contribution in [-0.2, 0) is 23.7 Å². The normalized spacial score (nSPS) is 39.8. The number of fused-ring (bicyclic) bond motifs is 1. The predicted octanol–water partition coefficient (Wildman–Crippen LogP) is 1.83. The van der Waals surface area contributed by atoms with Crippen molar-refractivity contribution in [1.82, 2.24) is 0 Å². The van der Waals surface area contributed by atoms with E-state index in [0.29, 0.717) is 12.8 Å². The molecule has 2 rings (SSSR count). The fourth-order valence-electron chi connectivity index (χ4n) is 4.32. The third-order valence-electron chi connectivity index (χ3n) is 5.29. The summed E-state index contributed by atoms with van der Waals surface area (Å²) in [6.07, 6.45) is -0.769. The van der Waals surface area contributed by atoms with Crippen molar-refractivity contribution in [1.29, 1.82) is 0 Å². The van der Waals surface area contributed by atoms with Crippen molar-refractivity contribution >= 4 is 0 Å². The SMILES string of the molecule is COCOC[C@@]12OC(C)(C)O[C@@H]1[C@](C)(CCO)[C@@H](OC(C)(C)C)C[C@@H]2O. The molecule has 26 heavy (non-hydrogen) atoms. The van der Waals surface area contributed by atoms with E-state index < -0.39 is 29.0 Å². The van der Waals surface area contributed by atoms with Crippen molar-refractivity contribution in [3.05, 3.63) is 0 Å². The average Bonchev–Trinajstić information content (AvgIpc) is 2.78. The Morgan fingerprint density at radius 3 is 2.38 bits per heavy atom. The molecule has 1 heterocycles. The van der Waals surface area contributed by atoms with Gasteiger partial charge in [-0.2, -0.15) is 0 Å². The molecule has 1 saturated heterocycles. The summed E-state index contributed by atoms with van der Waals surface area (Å²) in [6, 6.07) is 0. The lowest BCUT2D eigenvalue weighted by molar-refractivity contribution is -0.249. The predicted molar refractivity (Wildman–Crippen MR) is 95.7 cm³/mol. The van der Waals surface area contributed by atoms with Crippen LogP contribution in [0.2, 0.25) is 0 Å². The fourth-order valence-corrected chi connectivity index (χ4v) is 4.32. The largest absolute Gasteiger partial charge is 0.396 e. The molecule has 154 valence electrons. The summed E-state index contributed by atoms with van der Waals surface area (Å²) >= 11 is 0. The van der Waals surface area contributed by atoms with Crippen LogP contribution in [0.1, 0.15) is 54.4 Å².